The number of benzene rings is 3. The van der Waals surface area contributed by atoms with Crippen LogP contribution >= 0.6 is 0 Å². The minimum Gasteiger partial charge on any atom is -0.489 e. The van der Waals surface area contributed by atoms with E-state index in [1.165, 1.54) is 12.3 Å². The standard InChI is InChI=1S/C28H19F4N5O2/c29-16-9-18(25(32)21(31)10-16)24-20(30)6-5-17-26(24)34-12-19(27(17)36-13-15(11-33)14-36)28(38)35-37-7-8-39-23-4-2-1-3-22(23)37/h1-6,9-10,12,15H,7-8,13-14H2,(H,35,38). The van der Waals surface area contributed by atoms with Crippen molar-refractivity contribution in [1.29, 1.82) is 5.26 Å². The molecule has 0 aliphatic carbocycles. The first-order valence-corrected chi connectivity index (χ1v) is 12.1. The molecule has 0 atom stereocenters. The lowest BCUT2D eigenvalue weighted by Crippen LogP contribution is -2.49. The summed E-state index contributed by atoms with van der Waals surface area (Å²) in [6.07, 6.45) is 1.22. The average molecular weight is 533 g/mol. The molecule has 1 N–H and O–H groups in total. The van der Waals surface area contributed by atoms with Crippen molar-refractivity contribution in [2.24, 2.45) is 5.92 Å². The normalized spacial score (nSPS) is 14.8. The third kappa shape index (κ3) is 4.14. The van der Waals surface area contributed by atoms with Gasteiger partial charge in [-0.3, -0.25) is 20.2 Å². The van der Waals surface area contributed by atoms with Crippen molar-refractivity contribution >= 4 is 28.2 Å². The average Bonchev–Trinajstić information content (AvgIpc) is 2.90. The number of hydrogen-bond donors (Lipinski definition) is 1. The third-order valence-corrected chi connectivity index (χ3v) is 6.81. The summed E-state index contributed by atoms with van der Waals surface area (Å²) in [7, 11) is 0. The predicted octanol–water partition coefficient (Wildman–Crippen LogP) is 4.96. The van der Waals surface area contributed by atoms with E-state index in [4.69, 9.17) is 4.74 Å². The lowest BCUT2D eigenvalue weighted by molar-refractivity contribution is 0.0945. The Kier molecular flexibility index (Phi) is 5.95. The molecule has 0 unspecified atom stereocenters. The maximum atomic E-state index is 15.1. The van der Waals surface area contributed by atoms with Crippen molar-refractivity contribution in [3.05, 3.63) is 83.6 Å². The Hall–Kier alpha value is -4.85. The van der Waals surface area contributed by atoms with Crippen LogP contribution in [0, 0.1) is 40.5 Å². The summed E-state index contributed by atoms with van der Waals surface area (Å²) < 4.78 is 63.5. The molecule has 196 valence electrons. The third-order valence-electron chi connectivity index (χ3n) is 6.81. The van der Waals surface area contributed by atoms with Gasteiger partial charge in [0, 0.05) is 41.9 Å². The molecule has 2 aliphatic heterocycles. The fourth-order valence-electron chi connectivity index (χ4n) is 4.94. The molecule has 39 heavy (non-hydrogen) atoms. The molecule has 1 aromatic heterocycles. The maximum absolute atomic E-state index is 15.1. The molecule has 0 radical (unpaired) electrons. The van der Waals surface area contributed by atoms with Gasteiger partial charge in [0.25, 0.3) is 5.91 Å². The monoisotopic (exact) mass is 533 g/mol. The van der Waals surface area contributed by atoms with Crippen LogP contribution < -0.4 is 20.1 Å². The molecule has 4 aromatic rings. The Bertz CT molecular complexity index is 1680. The Labute approximate surface area is 219 Å². The van der Waals surface area contributed by atoms with Gasteiger partial charge in [-0.25, -0.2) is 17.6 Å². The van der Waals surface area contributed by atoms with Crippen LogP contribution in [-0.4, -0.2) is 37.1 Å². The van der Waals surface area contributed by atoms with E-state index < -0.39 is 40.3 Å². The molecule has 1 amide bonds. The number of hydrazine groups is 1. The summed E-state index contributed by atoms with van der Waals surface area (Å²) >= 11 is 0. The number of carbonyl (C=O) groups excluding carboxylic acids is 1. The molecule has 3 aromatic carbocycles. The molecule has 1 fully saturated rings. The number of nitriles is 1. The number of carbonyl (C=O) groups is 1. The number of amides is 1. The molecule has 0 saturated carbocycles. The van der Waals surface area contributed by atoms with Crippen molar-refractivity contribution in [3.8, 4) is 22.9 Å². The molecule has 6 rings (SSSR count). The molecule has 1 saturated heterocycles. The van der Waals surface area contributed by atoms with Gasteiger partial charge in [-0.05, 0) is 30.3 Å². The first-order chi connectivity index (χ1) is 18.9. The van der Waals surface area contributed by atoms with Gasteiger partial charge in [0.2, 0.25) is 0 Å². The number of ether oxygens (including phenoxy) is 1. The van der Waals surface area contributed by atoms with E-state index in [2.05, 4.69) is 16.5 Å². The predicted molar refractivity (Wildman–Crippen MR) is 135 cm³/mol. The van der Waals surface area contributed by atoms with Crippen LogP contribution in [0.25, 0.3) is 22.0 Å². The van der Waals surface area contributed by atoms with Gasteiger partial charge < -0.3 is 9.64 Å². The minimum absolute atomic E-state index is 0.0809. The van der Waals surface area contributed by atoms with E-state index in [1.54, 1.807) is 22.0 Å². The Morgan fingerprint density at radius 3 is 2.67 bits per heavy atom. The first-order valence-electron chi connectivity index (χ1n) is 12.1. The zero-order chi connectivity index (χ0) is 27.3. The highest BCUT2D eigenvalue weighted by Crippen LogP contribution is 2.40. The Balaban J connectivity index is 1.49. The Morgan fingerprint density at radius 2 is 1.87 bits per heavy atom. The van der Waals surface area contributed by atoms with Gasteiger partial charge in [-0.1, -0.05) is 12.1 Å². The summed E-state index contributed by atoms with van der Waals surface area (Å²) in [6.45, 7) is 1.31. The van der Waals surface area contributed by atoms with Crippen molar-refractivity contribution in [2.75, 3.05) is 36.1 Å². The van der Waals surface area contributed by atoms with E-state index in [1.807, 2.05) is 12.1 Å². The van der Waals surface area contributed by atoms with E-state index in [0.717, 1.165) is 6.07 Å². The van der Waals surface area contributed by atoms with Gasteiger partial charge in [-0.2, -0.15) is 5.26 Å². The number of anilines is 2. The van der Waals surface area contributed by atoms with Gasteiger partial charge in [0.1, 0.15) is 24.0 Å². The molecule has 0 spiro atoms. The summed E-state index contributed by atoms with van der Waals surface area (Å²) in [5.41, 5.74) is 2.85. The lowest BCUT2D eigenvalue weighted by Gasteiger charge is -2.39. The zero-order valence-electron chi connectivity index (χ0n) is 20.2. The summed E-state index contributed by atoms with van der Waals surface area (Å²) in [5, 5.41) is 11.2. The van der Waals surface area contributed by atoms with Crippen molar-refractivity contribution in [1.82, 2.24) is 10.4 Å². The van der Waals surface area contributed by atoms with E-state index in [0.29, 0.717) is 55.5 Å². The van der Waals surface area contributed by atoms with Crippen LogP contribution in [0.4, 0.5) is 28.9 Å². The summed E-state index contributed by atoms with van der Waals surface area (Å²) in [6, 6.07) is 12.8. The molecule has 3 heterocycles. The first kappa shape index (κ1) is 24.5. The quantitative estimate of drug-likeness (QED) is 0.295. The van der Waals surface area contributed by atoms with E-state index in [9.17, 15) is 23.2 Å². The highest BCUT2D eigenvalue weighted by molar-refractivity contribution is 6.10. The van der Waals surface area contributed by atoms with Crippen molar-refractivity contribution in [3.63, 3.8) is 0 Å². The van der Waals surface area contributed by atoms with Gasteiger partial charge in [-0.15, -0.1) is 0 Å². The maximum Gasteiger partial charge on any atom is 0.273 e. The second kappa shape index (κ2) is 9.47. The topological polar surface area (TPSA) is 81.5 Å². The smallest absolute Gasteiger partial charge is 0.273 e. The molecule has 2 aliphatic rings. The molecule has 11 heteroatoms. The van der Waals surface area contributed by atoms with E-state index >= 15 is 4.39 Å². The fraction of sp³-hybridized carbons (Fsp3) is 0.179. The Morgan fingerprint density at radius 1 is 1.08 bits per heavy atom. The zero-order valence-corrected chi connectivity index (χ0v) is 20.2. The number of hydrogen-bond acceptors (Lipinski definition) is 6. The number of nitrogens with zero attached hydrogens (tertiary/aromatic N) is 4. The van der Waals surface area contributed by atoms with Crippen LogP contribution in [0.1, 0.15) is 10.4 Å². The van der Waals surface area contributed by atoms with Gasteiger partial charge in [0.15, 0.2) is 11.6 Å². The minimum atomic E-state index is -1.47. The lowest BCUT2D eigenvalue weighted by atomic mass is 9.94. The molecule has 7 nitrogen and oxygen atoms in total. The highest BCUT2D eigenvalue weighted by atomic mass is 19.2. The van der Waals surface area contributed by atoms with Crippen molar-refractivity contribution < 1.29 is 27.1 Å². The fourth-order valence-corrected chi connectivity index (χ4v) is 4.94. The number of para-hydroxylation sites is 2. The van der Waals surface area contributed by atoms with Crippen molar-refractivity contribution in [2.45, 2.75) is 0 Å². The van der Waals surface area contributed by atoms with Crippen LogP contribution in [0.5, 0.6) is 5.75 Å². The number of nitrogens with one attached hydrogen (secondary N) is 1. The number of aromatic nitrogens is 1. The molecule has 0 bridgehead atoms. The number of rotatable bonds is 4. The molecular formula is C28H19F4N5O2. The molecular weight excluding hydrogens is 514 g/mol. The SMILES string of the molecule is N#CC1CN(c2c(C(=O)NN3CCOc4ccccc43)cnc3c(-c4cc(F)cc(F)c4F)c(F)ccc23)C1. The second-order valence-corrected chi connectivity index (χ2v) is 9.23. The summed E-state index contributed by atoms with van der Waals surface area (Å²) in [5.74, 6) is -5.12. The summed E-state index contributed by atoms with van der Waals surface area (Å²) in [4.78, 5) is 19.6. The van der Waals surface area contributed by atoms with Gasteiger partial charge in [0.05, 0.1) is 41.0 Å². The number of halogens is 4. The second-order valence-electron chi connectivity index (χ2n) is 9.23. The number of pyridine rings is 1. The van der Waals surface area contributed by atoms with Crippen LogP contribution in [0.2, 0.25) is 0 Å². The van der Waals surface area contributed by atoms with Gasteiger partial charge >= 0.3 is 0 Å². The van der Waals surface area contributed by atoms with Crippen LogP contribution in [-0.2, 0) is 0 Å². The largest absolute Gasteiger partial charge is 0.489 e. The number of fused-ring (bicyclic) bond motifs is 2. The van der Waals surface area contributed by atoms with Crippen LogP contribution in [0.15, 0.2) is 54.7 Å². The van der Waals surface area contributed by atoms with Crippen LogP contribution in [0.3, 0.4) is 0 Å². The highest BCUT2D eigenvalue weighted by Gasteiger charge is 2.33. The van der Waals surface area contributed by atoms with E-state index in [-0.39, 0.29) is 22.4 Å².